The van der Waals surface area contributed by atoms with Crippen LogP contribution in [0.2, 0.25) is 0 Å². The summed E-state index contributed by atoms with van der Waals surface area (Å²) in [4.78, 5) is 32.5. The van der Waals surface area contributed by atoms with Crippen LogP contribution < -0.4 is 21.4 Å². The van der Waals surface area contributed by atoms with Crippen molar-refractivity contribution in [3.63, 3.8) is 0 Å². The van der Waals surface area contributed by atoms with Gasteiger partial charge < -0.3 is 20.2 Å². The Kier molecular flexibility index (Phi) is 6.73. The molecule has 0 fully saturated rings. The van der Waals surface area contributed by atoms with Gasteiger partial charge in [-0.3, -0.25) is 4.79 Å². The summed E-state index contributed by atoms with van der Waals surface area (Å²) >= 11 is 0. The molecule has 6 rings (SSSR count). The molecule has 3 N–H and O–H groups in total. The van der Waals surface area contributed by atoms with Gasteiger partial charge >= 0.3 is 11.8 Å². The van der Waals surface area contributed by atoms with E-state index in [2.05, 4.69) is 20.4 Å². The molecule has 42 heavy (non-hydrogen) atoms. The molecule has 4 heterocycles. The van der Waals surface area contributed by atoms with E-state index < -0.39 is 23.4 Å². The fourth-order valence-electron chi connectivity index (χ4n) is 5.29. The van der Waals surface area contributed by atoms with Gasteiger partial charge in [0.1, 0.15) is 35.4 Å². The fraction of sp³-hybridized carbons (Fsp3) is 0.207. The molecule has 2 aromatic carbocycles. The maximum absolute atomic E-state index is 13.8. The lowest BCUT2D eigenvalue weighted by atomic mass is 9.92. The minimum Gasteiger partial charge on any atom is -0.429 e. The molecule has 1 aliphatic heterocycles. The molecule has 1 atom stereocenters. The minimum absolute atomic E-state index is 0.0232. The van der Waals surface area contributed by atoms with Gasteiger partial charge in [-0.15, -0.1) is 0 Å². The number of anilines is 1. The molecule has 5 aromatic rings. The van der Waals surface area contributed by atoms with Crippen LogP contribution in [0.5, 0.6) is 5.75 Å². The van der Waals surface area contributed by atoms with Crippen LogP contribution in [0.1, 0.15) is 36.3 Å². The van der Waals surface area contributed by atoms with Crippen LogP contribution in [0, 0.1) is 0 Å². The summed E-state index contributed by atoms with van der Waals surface area (Å²) in [7, 11) is 0. The second-order valence-electron chi connectivity index (χ2n) is 9.74. The van der Waals surface area contributed by atoms with E-state index >= 15 is 0 Å². The summed E-state index contributed by atoms with van der Waals surface area (Å²) in [5, 5.41) is 9.24. The quantitative estimate of drug-likeness (QED) is 0.275. The first-order chi connectivity index (χ1) is 20.2. The van der Waals surface area contributed by atoms with Crippen molar-refractivity contribution in [2.75, 3.05) is 18.8 Å². The Morgan fingerprint density at radius 2 is 1.95 bits per heavy atom. The van der Waals surface area contributed by atoms with Gasteiger partial charge in [-0.25, -0.2) is 19.4 Å². The molecule has 0 radical (unpaired) electrons. The Morgan fingerprint density at radius 3 is 2.67 bits per heavy atom. The molecule has 1 aliphatic rings. The van der Waals surface area contributed by atoms with Crippen molar-refractivity contribution in [3.05, 3.63) is 82.2 Å². The number of benzene rings is 2. The molecule has 0 saturated carbocycles. The summed E-state index contributed by atoms with van der Waals surface area (Å²) in [6.07, 6.45) is -0.810. The smallest absolute Gasteiger partial charge is 0.416 e. The number of alkyl halides is 3. The number of fused-ring (bicyclic) bond motifs is 2. The average Bonchev–Trinajstić information content (AvgIpc) is 3.38. The van der Waals surface area contributed by atoms with Crippen molar-refractivity contribution < 1.29 is 27.1 Å². The van der Waals surface area contributed by atoms with Gasteiger partial charge in [0.15, 0.2) is 5.65 Å². The number of hydrogen-bond acceptors (Lipinski definition) is 9. The van der Waals surface area contributed by atoms with Crippen LogP contribution in [0.3, 0.4) is 0 Å². The molecule has 0 saturated heterocycles. The van der Waals surface area contributed by atoms with Gasteiger partial charge in [-0.05, 0) is 55.1 Å². The van der Waals surface area contributed by atoms with E-state index in [1.807, 2.05) is 18.2 Å². The fourth-order valence-corrected chi connectivity index (χ4v) is 5.29. The van der Waals surface area contributed by atoms with Crippen LogP contribution in [0.15, 0.2) is 64.1 Å². The van der Waals surface area contributed by atoms with Crippen LogP contribution in [0.4, 0.5) is 19.0 Å². The van der Waals surface area contributed by atoms with Gasteiger partial charge in [0.2, 0.25) is 0 Å². The number of nitrogens with two attached hydrogens (primary N) is 1. The van der Waals surface area contributed by atoms with E-state index in [-0.39, 0.29) is 40.3 Å². The van der Waals surface area contributed by atoms with Crippen molar-refractivity contribution in [1.29, 1.82) is 0 Å². The first kappa shape index (κ1) is 27.1. The zero-order valence-electron chi connectivity index (χ0n) is 22.1. The number of rotatable bonds is 6. The van der Waals surface area contributed by atoms with Gasteiger partial charge in [0.05, 0.1) is 16.3 Å². The molecule has 0 aliphatic carbocycles. The maximum atomic E-state index is 13.8. The molecule has 10 nitrogen and oxygen atoms in total. The minimum atomic E-state index is -4.74. The van der Waals surface area contributed by atoms with Crippen molar-refractivity contribution >= 4 is 39.7 Å². The topological polar surface area (TPSA) is 138 Å². The Bertz CT molecular complexity index is 1950. The average molecular weight is 577 g/mol. The highest BCUT2D eigenvalue weighted by atomic mass is 19.4. The van der Waals surface area contributed by atoms with Crippen LogP contribution in [-0.2, 0) is 11.0 Å². The molecule has 0 amide bonds. The molecule has 214 valence electrons. The van der Waals surface area contributed by atoms with Crippen LogP contribution >= 0.6 is 0 Å². The molecular formula is C29H23F3N6O4. The third kappa shape index (κ3) is 4.67. The molecule has 3 aromatic heterocycles. The maximum Gasteiger partial charge on any atom is 0.416 e. The molecule has 13 heteroatoms. The monoisotopic (exact) mass is 576 g/mol. The summed E-state index contributed by atoms with van der Waals surface area (Å²) in [5.74, 6) is -0.0411. The Labute approximate surface area is 235 Å². The van der Waals surface area contributed by atoms with Gasteiger partial charge in [0.25, 0.3) is 6.47 Å². The van der Waals surface area contributed by atoms with E-state index in [1.165, 1.54) is 17.1 Å². The number of aromatic nitrogens is 4. The normalized spacial score (nSPS) is 14.6. The number of nitrogens with zero attached hydrogens (tertiary/aromatic N) is 4. The van der Waals surface area contributed by atoms with Crippen molar-refractivity contribution in [3.8, 4) is 17.0 Å². The van der Waals surface area contributed by atoms with Crippen LogP contribution in [0.25, 0.3) is 38.6 Å². The van der Waals surface area contributed by atoms with Crippen molar-refractivity contribution in [2.45, 2.75) is 25.6 Å². The Balaban J connectivity index is 1.61. The van der Waals surface area contributed by atoms with Crippen molar-refractivity contribution in [2.24, 2.45) is 0 Å². The SMILES string of the molecule is CC(c1oc(=O)c2ccccc2c1C1=CCNCC1)n1nc(-c2cc(OC=O)cc(C(F)(F)F)c2)c2c(N)ncnc21. The predicted molar refractivity (Wildman–Crippen MR) is 149 cm³/mol. The summed E-state index contributed by atoms with van der Waals surface area (Å²) < 4.78 is 53.5. The lowest BCUT2D eigenvalue weighted by molar-refractivity contribution is -0.138. The second kappa shape index (κ2) is 10.4. The second-order valence-corrected chi connectivity index (χ2v) is 9.74. The number of carbonyl (C=O) groups is 1. The number of nitrogens with one attached hydrogen (secondary N) is 1. The summed E-state index contributed by atoms with van der Waals surface area (Å²) in [6.45, 7) is 3.15. The van der Waals surface area contributed by atoms with E-state index in [0.717, 1.165) is 23.7 Å². The summed E-state index contributed by atoms with van der Waals surface area (Å²) in [5.41, 5.74) is 6.56. The Hall–Kier alpha value is -5.04. The highest BCUT2D eigenvalue weighted by Gasteiger charge is 2.33. The molecular weight excluding hydrogens is 553 g/mol. The number of ether oxygens (including phenoxy) is 1. The number of halogens is 3. The Morgan fingerprint density at radius 1 is 1.17 bits per heavy atom. The standard InChI is InChI=1S/C29H23F3N6O4/c1-15(25-22(16-6-8-34-9-7-16)20-4-2-3-5-21(20)28(40)42-25)38-27-23(26(33)35-13-36-27)24(37-38)17-10-18(29(30,31)32)12-19(11-17)41-14-39/h2-6,10-15,34H,7-9H2,1H3,(H2,33,35,36). The van der Waals surface area contributed by atoms with Crippen molar-refractivity contribution in [1.82, 2.24) is 25.1 Å². The largest absolute Gasteiger partial charge is 0.429 e. The third-order valence-corrected chi connectivity index (χ3v) is 7.21. The zero-order valence-corrected chi connectivity index (χ0v) is 22.1. The molecule has 0 spiro atoms. The van der Waals surface area contributed by atoms with E-state index in [4.69, 9.17) is 14.9 Å². The number of hydrogen-bond donors (Lipinski definition) is 2. The first-order valence-electron chi connectivity index (χ1n) is 12.9. The first-order valence-corrected chi connectivity index (χ1v) is 12.9. The van der Waals surface area contributed by atoms with Crippen LogP contribution in [-0.4, -0.2) is 39.3 Å². The van der Waals surface area contributed by atoms with Gasteiger partial charge in [-0.2, -0.15) is 18.3 Å². The highest BCUT2D eigenvalue weighted by Crippen LogP contribution is 2.40. The number of carbonyl (C=O) groups excluding carboxylic acids is 1. The van der Waals surface area contributed by atoms with E-state index in [1.54, 1.807) is 19.1 Å². The summed E-state index contributed by atoms with van der Waals surface area (Å²) in [6, 6.07) is 9.22. The highest BCUT2D eigenvalue weighted by molar-refractivity contribution is 5.99. The van der Waals surface area contributed by atoms with Gasteiger partial charge in [0, 0.05) is 17.7 Å². The predicted octanol–water partition coefficient (Wildman–Crippen LogP) is 4.72. The molecule has 1 unspecified atom stereocenters. The van der Waals surface area contributed by atoms with E-state index in [9.17, 15) is 22.8 Å². The number of nitrogen functional groups attached to an aromatic ring is 1. The zero-order chi connectivity index (χ0) is 29.6. The molecule has 0 bridgehead atoms. The third-order valence-electron chi connectivity index (χ3n) is 7.21. The van der Waals surface area contributed by atoms with Gasteiger partial charge in [-0.1, -0.05) is 24.3 Å². The lowest BCUT2D eigenvalue weighted by Gasteiger charge is -2.21. The van der Waals surface area contributed by atoms with E-state index in [0.29, 0.717) is 35.6 Å². The lowest BCUT2D eigenvalue weighted by Crippen LogP contribution is -2.22.